The number of para-hydroxylation sites is 4. The van der Waals surface area contributed by atoms with Crippen LogP contribution in [0.3, 0.4) is 0 Å². The number of nitrogens with zero attached hydrogens (tertiary/aromatic N) is 5. The Balaban J connectivity index is 1.03. The SMILES string of the molecule is c1ccc2nc(-c3cc(-c4ccc(-c5ccc(-n6c7ccccc7c7ccccc76)cc5)cc4)cc(-c4ncc5ccccc5n4)c3)ncc2c1. The second-order valence-electron chi connectivity index (χ2n) is 12.8. The number of hydrogen-bond donors (Lipinski definition) is 0. The maximum Gasteiger partial charge on any atom is 0.159 e. The summed E-state index contributed by atoms with van der Waals surface area (Å²) in [5.41, 5.74) is 11.6. The Bertz CT molecular complexity index is 2760. The summed E-state index contributed by atoms with van der Waals surface area (Å²) in [7, 11) is 0. The third kappa shape index (κ3) is 5.11. The predicted octanol–water partition coefficient (Wildman–Crippen LogP) is 11.3. The molecular weight excluding hydrogens is 623 g/mol. The van der Waals surface area contributed by atoms with E-state index in [0.717, 1.165) is 60.9 Å². The first-order valence-corrected chi connectivity index (χ1v) is 17.0. The zero-order valence-electron chi connectivity index (χ0n) is 27.5. The molecule has 238 valence electrons. The molecule has 0 fully saturated rings. The average molecular weight is 652 g/mol. The van der Waals surface area contributed by atoms with Gasteiger partial charge in [0, 0.05) is 50.8 Å². The maximum absolute atomic E-state index is 4.92. The van der Waals surface area contributed by atoms with Crippen molar-refractivity contribution in [3.05, 3.63) is 176 Å². The molecule has 0 unspecified atom stereocenters. The van der Waals surface area contributed by atoms with E-state index in [1.54, 1.807) is 0 Å². The largest absolute Gasteiger partial charge is 0.309 e. The molecule has 0 radical (unpaired) electrons. The highest BCUT2D eigenvalue weighted by atomic mass is 15.0. The van der Waals surface area contributed by atoms with Gasteiger partial charge in [0.15, 0.2) is 11.6 Å². The van der Waals surface area contributed by atoms with Crippen molar-refractivity contribution >= 4 is 43.6 Å². The Morgan fingerprint density at radius 1 is 0.353 bits per heavy atom. The molecule has 0 spiro atoms. The topological polar surface area (TPSA) is 56.5 Å². The van der Waals surface area contributed by atoms with E-state index in [0.29, 0.717) is 11.6 Å². The molecule has 0 saturated heterocycles. The lowest BCUT2D eigenvalue weighted by Crippen LogP contribution is -1.95. The van der Waals surface area contributed by atoms with Gasteiger partial charge in [0.05, 0.1) is 22.1 Å². The van der Waals surface area contributed by atoms with E-state index in [2.05, 4.69) is 120 Å². The van der Waals surface area contributed by atoms with Gasteiger partial charge in [-0.25, -0.2) is 19.9 Å². The van der Waals surface area contributed by atoms with E-state index in [1.807, 2.05) is 60.9 Å². The van der Waals surface area contributed by atoms with E-state index in [4.69, 9.17) is 19.9 Å². The van der Waals surface area contributed by atoms with E-state index >= 15 is 0 Å². The average Bonchev–Trinajstić information content (AvgIpc) is 3.55. The van der Waals surface area contributed by atoms with Gasteiger partial charge >= 0.3 is 0 Å². The normalized spacial score (nSPS) is 11.5. The van der Waals surface area contributed by atoms with Gasteiger partial charge in [-0.15, -0.1) is 0 Å². The van der Waals surface area contributed by atoms with Gasteiger partial charge in [-0.3, -0.25) is 0 Å². The fraction of sp³-hybridized carbons (Fsp3) is 0. The van der Waals surface area contributed by atoms with Gasteiger partial charge in [0.25, 0.3) is 0 Å². The molecule has 0 saturated carbocycles. The Labute approximate surface area is 294 Å². The number of hydrogen-bond acceptors (Lipinski definition) is 4. The van der Waals surface area contributed by atoms with Crippen molar-refractivity contribution in [2.45, 2.75) is 0 Å². The summed E-state index contributed by atoms with van der Waals surface area (Å²) < 4.78 is 2.35. The molecular formula is C46H29N5. The molecule has 0 atom stereocenters. The number of fused-ring (bicyclic) bond motifs is 5. The fourth-order valence-electron chi connectivity index (χ4n) is 7.13. The Hall–Kier alpha value is -6.98. The van der Waals surface area contributed by atoms with Crippen LogP contribution in [-0.2, 0) is 0 Å². The lowest BCUT2D eigenvalue weighted by Gasteiger charge is -2.12. The molecule has 10 rings (SSSR count). The smallest absolute Gasteiger partial charge is 0.159 e. The first kappa shape index (κ1) is 29.0. The number of benzene rings is 7. The minimum absolute atomic E-state index is 0.664. The highest BCUT2D eigenvalue weighted by molar-refractivity contribution is 6.09. The quantitative estimate of drug-likeness (QED) is 0.186. The molecule has 10 aromatic rings. The molecule has 51 heavy (non-hydrogen) atoms. The van der Waals surface area contributed by atoms with Crippen LogP contribution in [0, 0.1) is 0 Å². The van der Waals surface area contributed by atoms with Crippen LogP contribution in [0.25, 0.3) is 94.3 Å². The van der Waals surface area contributed by atoms with E-state index in [1.165, 1.54) is 21.8 Å². The summed E-state index contributed by atoms with van der Waals surface area (Å²) in [5, 5.41) is 4.54. The minimum Gasteiger partial charge on any atom is -0.309 e. The zero-order chi connectivity index (χ0) is 33.7. The van der Waals surface area contributed by atoms with Crippen LogP contribution >= 0.6 is 0 Å². The molecule has 0 N–H and O–H groups in total. The second kappa shape index (κ2) is 11.9. The van der Waals surface area contributed by atoms with Crippen molar-refractivity contribution in [1.29, 1.82) is 0 Å². The molecule has 3 aromatic heterocycles. The Kier molecular flexibility index (Phi) is 6.74. The first-order valence-electron chi connectivity index (χ1n) is 17.0. The summed E-state index contributed by atoms with van der Waals surface area (Å²) in [6.07, 6.45) is 3.77. The summed E-state index contributed by atoms with van der Waals surface area (Å²) in [5.74, 6) is 1.33. The third-order valence-corrected chi connectivity index (χ3v) is 9.68. The Morgan fingerprint density at radius 2 is 0.765 bits per heavy atom. The molecule has 5 heteroatoms. The van der Waals surface area contributed by atoms with Gasteiger partial charge < -0.3 is 4.57 Å². The number of aromatic nitrogens is 5. The molecule has 3 heterocycles. The molecule has 5 nitrogen and oxygen atoms in total. The highest BCUT2D eigenvalue weighted by Crippen LogP contribution is 2.35. The standard InChI is InChI=1S/C46H29N5/c1-5-13-41-33(9-1)28-47-45(49-41)36-25-35(26-37(27-36)46-48-29-34-10-2-6-14-42(34)50-46)32-19-17-30(18-20-32)31-21-23-38(24-22-31)51-43-15-7-3-11-39(43)40-12-4-8-16-44(40)51/h1-29H. The highest BCUT2D eigenvalue weighted by Gasteiger charge is 2.14. The summed E-state index contributed by atoms with van der Waals surface area (Å²) in [6.45, 7) is 0. The third-order valence-electron chi connectivity index (χ3n) is 9.68. The molecule has 0 aliphatic rings. The zero-order valence-corrected chi connectivity index (χ0v) is 27.5. The molecule has 7 aromatic carbocycles. The van der Waals surface area contributed by atoms with Crippen LogP contribution in [0.2, 0.25) is 0 Å². The minimum atomic E-state index is 0.664. The van der Waals surface area contributed by atoms with Crippen LogP contribution in [-0.4, -0.2) is 24.5 Å². The van der Waals surface area contributed by atoms with Gasteiger partial charge in [-0.1, -0.05) is 109 Å². The van der Waals surface area contributed by atoms with Crippen molar-refractivity contribution in [1.82, 2.24) is 24.5 Å². The molecule has 0 bridgehead atoms. The van der Waals surface area contributed by atoms with Gasteiger partial charge in [-0.2, -0.15) is 0 Å². The van der Waals surface area contributed by atoms with Crippen LogP contribution in [0.5, 0.6) is 0 Å². The molecule has 0 aliphatic carbocycles. The summed E-state index contributed by atoms with van der Waals surface area (Å²) >= 11 is 0. The molecule has 0 aliphatic heterocycles. The van der Waals surface area contributed by atoms with Crippen LogP contribution in [0.1, 0.15) is 0 Å². The van der Waals surface area contributed by atoms with Crippen molar-refractivity contribution in [3.63, 3.8) is 0 Å². The van der Waals surface area contributed by atoms with Crippen molar-refractivity contribution in [2.75, 3.05) is 0 Å². The van der Waals surface area contributed by atoms with Crippen molar-refractivity contribution in [3.8, 4) is 50.7 Å². The fourth-order valence-corrected chi connectivity index (χ4v) is 7.13. The van der Waals surface area contributed by atoms with Crippen molar-refractivity contribution in [2.24, 2.45) is 0 Å². The number of rotatable bonds is 5. The summed E-state index contributed by atoms with van der Waals surface area (Å²) in [6, 6.07) is 57.3. The lowest BCUT2D eigenvalue weighted by atomic mass is 9.96. The monoisotopic (exact) mass is 651 g/mol. The summed E-state index contributed by atoms with van der Waals surface area (Å²) in [4.78, 5) is 19.4. The van der Waals surface area contributed by atoms with E-state index < -0.39 is 0 Å². The molecule has 0 amide bonds. The van der Waals surface area contributed by atoms with Gasteiger partial charge in [0.1, 0.15) is 0 Å². The maximum atomic E-state index is 4.92. The lowest BCUT2D eigenvalue weighted by molar-refractivity contribution is 1.18. The van der Waals surface area contributed by atoms with Crippen molar-refractivity contribution < 1.29 is 0 Å². The van der Waals surface area contributed by atoms with Gasteiger partial charge in [0.2, 0.25) is 0 Å². The van der Waals surface area contributed by atoms with E-state index in [9.17, 15) is 0 Å². The predicted molar refractivity (Wildman–Crippen MR) is 209 cm³/mol. The van der Waals surface area contributed by atoms with Crippen LogP contribution < -0.4 is 0 Å². The Morgan fingerprint density at radius 3 is 1.29 bits per heavy atom. The van der Waals surface area contributed by atoms with Gasteiger partial charge in [-0.05, 0) is 76.9 Å². The first-order chi connectivity index (χ1) is 25.2. The second-order valence-corrected chi connectivity index (χ2v) is 12.8. The van der Waals surface area contributed by atoms with Crippen LogP contribution in [0.15, 0.2) is 176 Å². The van der Waals surface area contributed by atoms with E-state index in [-0.39, 0.29) is 0 Å². The van der Waals surface area contributed by atoms with Crippen LogP contribution in [0.4, 0.5) is 0 Å².